The number of anilines is 1. The van der Waals surface area contributed by atoms with Gasteiger partial charge in [0.2, 0.25) is 0 Å². The molecule has 0 spiro atoms. The van der Waals surface area contributed by atoms with Gasteiger partial charge in [0.1, 0.15) is 5.75 Å². The standard InChI is InChI=1S/C25H23ClN2O.C2H6.CH2O2/c1-16-3-8-19(9-4-16)28-14-13-21-22-15-18(26)7-12-23(22)27-24(21)25(28)17-5-10-20(29-2)11-6-17;1-2;2-1-3/h3-12,15,25,27H,13-14H2,1-2H3;1-2H3;1H,(H,2,3). The molecule has 0 saturated carbocycles. The first-order valence-electron chi connectivity index (χ1n) is 11.4. The van der Waals surface area contributed by atoms with Gasteiger partial charge in [-0.3, -0.25) is 4.79 Å². The van der Waals surface area contributed by atoms with Crippen LogP contribution in [0.3, 0.4) is 0 Å². The largest absolute Gasteiger partial charge is 0.497 e. The number of fused-ring (bicyclic) bond motifs is 3. The number of hydrogen-bond acceptors (Lipinski definition) is 3. The van der Waals surface area contributed by atoms with Crippen LogP contribution in [0.15, 0.2) is 66.7 Å². The number of aromatic nitrogens is 1. The van der Waals surface area contributed by atoms with Crippen molar-refractivity contribution in [1.29, 1.82) is 0 Å². The number of halogens is 1. The van der Waals surface area contributed by atoms with Crippen molar-refractivity contribution in [3.8, 4) is 5.75 Å². The summed E-state index contributed by atoms with van der Waals surface area (Å²) in [5.41, 5.74) is 7.51. The third-order valence-corrected chi connectivity index (χ3v) is 6.12. The van der Waals surface area contributed by atoms with Gasteiger partial charge in [0, 0.05) is 33.9 Å². The minimum atomic E-state index is -0.250. The molecule has 3 aromatic carbocycles. The number of aromatic amines is 1. The summed E-state index contributed by atoms with van der Waals surface area (Å²) in [4.78, 5) is 14.5. The van der Waals surface area contributed by atoms with Gasteiger partial charge in [0.15, 0.2) is 0 Å². The molecule has 0 aliphatic carbocycles. The summed E-state index contributed by atoms with van der Waals surface area (Å²) in [6.45, 7) is 6.83. The van der Waals surface area contributed by atoms with Gasteiger partial charge in [-0.2, -0.15) is 0 Å². The Balaban J connectivity index is 0.000000603. The molecule has 5 rings (SSSR count). The van der Waals surface area contributed by atoms with Gasteiger partial charge >= 0.3 is 0 Å². The zero-order chi connectivity index (χ0) is 24.7. The Morgan fingerprint density at radius 2 is 1.71 bits per heavy atom. The molecule has 0 bridgehead atoms. The number of benzene rings is 3. The van der Waals surface area contributed by atoms with Crippen molar-refractivity contribution in [2.24, 2.45) is 0 Å². The maximum atomic E-state index is 8.36. The number of nitrogens with one attached hydrogen (secondary N) is 1. The predicted molar refractivity (Wildman–Crippen MR) is 140 cm³/mol. The van der Waals surface area contributed by atoms with E-state index in [4.69, 9.17) is 26.2 Å². The van der Waals surface area contributed by atoms with E-state index in [0.717, 1.165) is 29.3 Å². The van der Waals surface area contributed by atoms with Gasteiger partial charge in [-0.05, 0) is 66.9 Å². The normalized spacial score (nSPS) is 14.3. The number of ether oxygens (including phenoxy) is 1. The summed E-state index contributed by atoms with van der Waals surface area (Å²) < 4.78 is 5.38. The molecule has 1 atom stereocenters. The molecule has 2 N–H and O–H groups in total. The molecule has 1 aliphatic rings. The fourth-order valence-electron chi connectivity index (χ4n) is 4.41. The summed E-state index contributed by atoms with van der Waals surface area (Å²) in [7, 11) is 1.70. The van der Waals surface area contributed by atoms with Gasteiger partial charge in [-0.15, -0.1) is 0 Å². The second kappa shape index (κ2) is 11.6. The predicted octanol–water partition coefficient (Wildman–Crippen LogP) is 7.02. The Labute approximate surface area is 205 Å². The van der Waals surface area contributed by atoms with Gasteiger partial charge in [0.25, 0.3) is 6.47 Å². The van der Waals surface area contributed by atoms with Crippen molar-refractivity contribution in [2.45, 2.75) is 33.2 Å². The number of H-pyrrole nitrogens is 1. The van der Waals surface area contributed by atoms with Gasteiger partial charge in [0.05, 0.1) is 13.2 Å². The third-order valence-electron chi connectivity index (χ3n) is 5.89. The van der Waals surface area contributed by atoms with Gasteiger partial charge < -0.3 is 19.7 Å². The number of methoxy groups -OCH3 is 1. The Morgan fingerprint density at radius 1 is 1.06 bits per heavy atom. The molecule has 5 nitrogen and oxygen atoms in total. The number of nitrogens with zero attached hydrogens (tertiary/aromatic N) is 1. The third kappa shape index (κ3) is 5.20. The molecule has 0 amide bonds. The lowest BCUT2D eigenvalue weighted by molar-refractivity contribution is -0.122. The number of hydrogen-bond donors (Lipinski definition) is 2. The van der Waals surface area contributed by atoms with E-state index in [2.05, 4.69) is 65.3 Å². The quantitative estimate of drug-likeness (QED) is 0.310. The molecule has 1 aliphatic heterocycles. The molecular formula is C28H31ClN2O3. The van der Waals surface area contributed by atoms with Crippen molar-refractivity contribution in [1.82, 2.24) is 4.98 Å². The van der Waals surface area contributed by atoms with Crippen molar-refractivity contribution in [3.05, 3.63) is 94.1 Å². The fourth-order valence-corrected chi connectivity index (χ4v) is 4.58. The van der Waals surface area contributed by atoms with Crippen LogP contribution in [0.5, 0.6) is 5.75 Å². The van der Waals surface area contributed by atoms with Crippen molar-refractivity contribution < 1.29 is 14.6 Å². The summed E-state index contributed by atoms with van der Waals surface area (Å²) in [5, 5.41) is 8.90. The first kappa shape index (κ1) is 25.2. The zero-order valence-electron chi connectivity index (χ0n) is 20.0. The Hall–Kier alpha value is -3.44. The van der Waals surface area contributed by atoms with E-state index in [9.17, 15) is 0 Å². The Kier molecular flexibility index (Phi) is 8.61. The summed E-state index contributed by atoms with van der Waals surface area (Å²) in [6, 6.07) is 23.4. The van der Waals surface area contributed by atoms with E-state index in [1.54, 1.807) is 7.11 Å². The van der Waals surface area contributed by atoms with Crippen LogP contribution < -0.4 is 9.64 Å². The number of carbonyl (C=O) groups is 1. The molecule has 0 radical (unpaired) electrons. The summed E-state index contributed by atoms with van der Waals surface area (Å²) in [5.74, 6) is 0.870. The van der Waals surface area contributed by atoms with Crippen LogP contribution >= 0.6 is 11.6 Å². The molecule has 178 valence electrons. The molecule has 6 heteroatoms. The minimum absolute atomic E-state index is 0.110. The maximum Gasteiger partial charge on any atom is 0.290 e. The fraction of sp³-hybridized carbons (Fsp3) is 0.250. The number of rotatable bonds is 3. The topological polar surface area (TPSA) is 65.6 Å². The average Bonchev–Trinajstić information content (AvgIpc) is 3.23. The van der Waals surface area contributed by atoms with Crippen LogP contribution in [0.2, 0.25) is 5.02 Å². The van der Waals surface area contributed by atoms with Gasteiger partial charge in [-0.25, -0.2) is 0 Å². The average molecular weight is 479 g/mol. The lowest BCUT2D eigenvalue weighted by Crippen LogP contribution is -2.36. The second-order valence-corrected chi connectivity index (χ2v) is 8.20. The molecule has 34 heavy (non-hydrogen) atoms. The minimum Gasteiger partial charge on any atom is -0.497 e. The number of carboxylic acid groups (broad SMARTS) is 1. The van der Waals surface area contributed by atoms with Crippen molar-refractivity contribution in [2.75, 3.05) is 18.6 Å². The molecule has 0 saturated heterocycles. The molecule has 4 aromatic rings. The lowest BCUT2D eigenvalue weighted by atomic mass is 9.91. The van der Waals surface area contributed by atoms with Gasteiger partial charge in [-0.1, -0.05) is 55.3 Å². The van der Waals surface area contributed by atoms with Crippen LogP contribution in [0.4, 0.5) is 5.69 Å². The van der Waals surface area contributed by atoms with E-state index < -0.39 is 0 Å². The van der Waals surface area contributed by atoms with Crippen LogP contribution in [0.1, 0.15) is 42.3 Å². The van der Waals surface area contributed by atoms with Crippen LogP contribution in [-0.2, 0) is 11.2 Å². The summed E-state index contributed by atoms with van der Waals surface area (Å²) >= 11 is 6.31. The van der Waals surface area contributed by atoms with E-state index in [0.29, 0.717) is 0 Å². The first-order chi connectivity index (χ1) is 16.5. The molecule has 2 heterocycles. The monoisotopic (exact) mass is 478 g/mol. The summed E-state index contributed by atoms with van der Waals surface area (Å²) in [6.07, 6.45) is 0.982. The SMILES string of the molecule is CC.COc1ccc(C2c3[nH]c4ccc(Cl)cc4c3CCN2c2ccc(C)cc2)cc1.O=CO. The Bertz CT molecular complexity index is 1220. The van der Waals surface area contributed by atoms with Crippen LogP contribution in [0, 0.1) is 6.92 Å². The maximum absolute atomic E-state index is 8.36. The second-order valence-electron chi connectivity index (χ2n) is 7.77. The van der Waals surface area contributed by atoms with Crippen LogP contribution in [0.25, 0.3) is 10.9 Å². The molecule has 0 fully saturated rings. The highest BCUT2D eigenvalue weighted by Crippen LogP contribution is 2.41. The van der Waals surface area contributed by atoms with Crippen LogP contribution in [-0.4, -0.2) is 30.2 Å². The highest BCUT2D eigenvalue weighted by molar-refractivity contribution is 6.31. The van der Waals surface area contributed by atoms with E-state index >= 15 is 0 Å². The van der Waals surface area contributed by atoms with E-state index in [1.165, 1.54) is 33.5 Å². The Morgan fingerprint density at radius 3 is 2.32 bits per heavy atom. The zero-order valence-corrected chi connectivity index (χ0v) is 20.8. The highest BCUT2D eigenvalue weighted by atomic mass is 35.5. The van der Waals surface area contributed by atoms with E-state index in [1.807, 2.05) is 32.0 Å². The smallest absolute Gasteiger partial charge is 0.290 e. The first-order valence-corrected chi connectivity index (χ1v) is 11.8. The van der Waals surface area contributed by atoms with E-state index in [-0.39, 0.29) is 12.5 Å². The van der Waals surface area contributed by atoms with Crippen molar-refractivity contribution >= 4 is 34.7 Å². The van der Waals surface area contributed by atoms with Crippen molar-refractivity contribution in [3.63, 3.8) is 0 Å². The number of aryl methyl sites for hydroxylation is 1. The highest BCUT2D eigenvalue weighted by Gasteiger charge is 2.32. The molecule has 1 aromatic heterocycles. The molecular weight excluding hydrogens is 448 g/mol. The lowest BCUT2D eigenvalue weighted by Gasteiger charge is -2.38. The molecule has 1 unspecified atom stereocenters.